The van der Waals surface area contributed by atoms with Crippen LogP contribution >= 0.6 is 11.8 Å². The van der Waals surface area contributed by atoms with E-state index in [4.69, 9.17) is 0 Å². The van der Waals surface area contributed by atoms with Gasteiger partial charge in [-0.25, -0.2) is 0 Å². The summed E-state index contributed by atoms with van der Waals surface area (Å²) in [5, 5.41) is 9.56. The molecule has 142 valence electrons. The molecule has 4 fully saturated rings. The highest BCUT2D eigenvalue weighted by Crippen LogP contribution is 2.60. The third-order valence-corrected chi connectivity index (χ3v) is 8.13. The molecule has 4 nitrogen and oxygen atoms in total. The van der Waals surface area contributed by atoms with Crippen molar-refractivity contribution in [3.8, 4) is 11.4 Å². The van der Waals surface area contributed by atoms with Crippen molar-refractivity contribution >= 4 is 17.5 Å². The van der Waals surface area contributed by atoms with Crippen LogP contribution < -0.4 is 0 Å². The molecule has 6 rings (SSSR count). The minimum absolute atomic E-state index is 0.0138. The normalized spacial score (nSPS) is 31.4. The number of aromatic nitrogens is 3. The molecule has 0 amide bonds. The predicted molar refractivity (Wildman–Crippen MR) is 108 cm³/mol. The Bertz CT molecular complexity index is 835. The summed E-state index contributed by atoms with van der Waals surface area (Å²) in [5.41, 5.74) is 2.28. The fourth-order valence-electron chi connectivity index (χ4n) is 6.13. The van der Waals surface area contributed by atoms with Crippen LogP contribution in [0, 0.1) is 30.1 Å². The van der Waals surface area contributed by atoms with Crippen LogP contribution in [0.5, 0.6) is 0 Å². The zero-order valence-electron chi connectivity index (χ0n) is 16.1. The van der Waals surface area contributed by atoms with Gasteiger partial charge in [-0.05, 0) is 63.2 Å². The predicted octanol–water partition coefficient (Wildman–Crippen LogP) is 4.67. The summed E-state index contributed by atoms with van der Waals surface area (Å²) in [6, 6.07) is 8.34. The Kier molecular flexibility index (Phi) is 4.19. The second-order valence-corrected chi connectivity index (χ2v) is 10.1. The molecular weight excluding hydrogens is 354 g/mol. The van der Waals surface area contributed by atoms with Crippen molar-refractivity contribution in [2.75, 3.05) is 5.75 Å². The van der Waals surface area contributed by atoms with Crippen molar-refractivity contribution in [2.24, 2.45) is 30.2 Å². The zero-order chi connectivity index (χ0) is 18.6. The number of hydrogen-bond acceptors (Lipinski definition) is 4. The summed E-state index contributed by atoms with van der Waals surface area (Å²) in [4.78, 5) is 13.2. The standard InChI is InChI=1S/C22H27N3OS/c1-14-3-5-18(6-4-14)20-23-24-21(25(20)2)27-13-19(26)22-10-15-7-16(11-22)9-17(8-15)12-22/h3-6,15-17H,7-13H2,1-2H3. The van der Waals surface area contributed by atoms with Crippen LogP contribution in [0.4, 0.5) is 0 Å². The third-order valence-electron chi connectivity index (χ3n) is 7.11. The van der Waals surface area contributed by atoms with Crippen molar-refractivity contribution in [2.45, 2.75) is 50.6 Å². The lowest BCUT2D eigenvalue weighted by Crippen LogP contribution is -2.50. The molecule has 4 aliphatic rings. The first-order chi connectivity index (χ1) is 13.0. The van der Waals surface area contributed by atoms with E-state index in [1.165, 1.54) is 24.8 Å². The van der Waals surface area contributed by atoms with Gasteiger partial charge in [0.15, 0.2) is 11.0 Å². The molecule has 0 N–H and O–H groups in total. The van der Waals surface area contributed by atoms with Crippen molar-refractivity contribution < 1.29 is 4.79 Å². The van der Waals surface area contributed by atoms with Gasteiger partial charge in [-0.15, -0.1) is 10.2 Å². The highest BCUT2D eigenvalue weighted by Gasteiger charge is 2.54. The minimum atomic E-state index is -0.0138. The Morgan fingerprint density at radius 2 is 1.67 bits per heavy atom. The number of aryl methyl sites for hydroxylation is 1. The Morgan fingerprint density at radius 1 is 1.07 bits per heavy atom. The van der Waals surface area contributed by atoms with Crippen molar-refractivity contribution in [1.82, 2.24) is 14.8 Å². The quantitative estimate of drug-likeness (QED) is 0.706. The van der Waals surface area contributed by atoms with Crippen molar-refractivity contribution in [3.63, 3.8) is 0 Å². The molecule has 0 unspecified atom stereocenters. The second-order valence-electron chi connectivity index (χ2n) is 9.14. The Morgan fingerprint density at radius 3 is 2.26 bits per heavy atom. The summed E-state index contributed by atoms with van der Waals surface area (Å²) in [5.74, 6) is 4.30. The number of carbonyl (C=O) groups excluding carboxylic acids is 1. The fraction of sp³-hybridized carbons (Fsp3) is 0.591. The van der Waals surface area contributed by atoms with Crippen molar-refractivity contribution in [3.05, 3.63) is 29.8 Å². The zero-order valence-corrected chi connectivity index (χ0v) is 17.0. The van der Waals surface area contributed by atoms with Gasteiger partial charge in [0, 0.05) is 18.0 Å². The van der Waals surface area contributed by atoms with Crippen LogP contribution in [0.2, 0.25) is 0 Å². The minimum Gasteiger partial charge on any atom is -0.305 e. The Hall–Kier alpha value is -1.62. The van der Waals surface area contributed by atoms with E-state index in [1.54, 1.807) is 11.8 Å². The summed E-state index contributed by atoms with van der Waals surface area (Å²) >= 11 is 1.56. The first-order valence-electron chi connectivity index (χ1n) is 10.1. The SMILES string of the molecule is Cc1ccc(-c2nnc(SCC(=O)C34CC5CC(CC(C5)C3)C4)n2C)cc1. The van der Waals surface area contributed by atoms with Gasteiger partial charge in [-0.2, -0.15) is 0 Å². The first kappa shape index (κ1) is 17.5. The molecule has 0 atom stereocenters. The first-order valence-corrected chi connectivity index (χ1v) is 11.1. The number of ketones is 1. The molecule has 1 aromatic carbocycles. The van der Waals surface area contributed by atoms with E-state index in [1.807, 2.05) is 11.6 Å². The van der Waals surface area contributed by atoms with Gasteiger partial charge in [-0.3, -0.25) is 4.79 Å². The van der Waals surface area contributed by atoms with Crippen LogP contribution in [-0.2, 0) is 11.8 Å². The van der Waals surface area contributed by atoms with Crippen LogP contribution in [-0.4, -0.2) is 26.3 Å². The van der Waals surface area contributed by atoms with Crippen LogP contribution in [0.1, 0.15) is 44.1 Å². The molecule has 0 radical (unpaired) electrons. The second kappa shape index (κ2) is 6.47. The summed E-state index contributed by atoms with van der Waals surface area (Å²) in [7, 11) is 1.99. The van der Waals surface area contributed by atoms with E-state index in [9.17, 15) is 4.79 Å². The van der Waals surface area contributed by atoms with Gasteiger partial charge >= 0.3 is 0 Å². The maximum atomic E-state index is 13.2. The molecule has 0 aliphatic heterocycles. The smallest absolute Gasteiger partial charge is 0.191 e. The van der Waals surface area contributed by atoms with E-state index in [2.05, 4.69) is 41.4 Å². The van der Waals surface area contributed by atoms with E-state index in [0.29, 0.717) is 11.5 Å². The summed E-state index contributed by atoms with van der Waals surface area (Å²) < 4.78 is 2.02. The fourth-order valence-corrected chi connectivity index (χ4v) is 7.08. The highest BCUT2D eigenvalue weighted by molar-refractivity contribution is 7.99. The molecule has 0 spiro atoms. The van der Waals surface area contributed by atoms with Crippen LogP contribution in [0.15, 0.2) is 29.4 Å². The van der Waals surface area contributed by atoms with Gasteiger partial charge in [-0.1, -0.05) is 41.6 Å². The number of benzene rings is 1. The maximum Gasteiger partial charge on any atom is 0.191 e. The monoisotopic (exact) mass is 381 g/mol. The number of nitrogens with zero attached hydrogens (tertiary/aromatic N) is 3. The summed E-state index contributed by atoms with van der Waals surface area (Å²) in [6.45, 7) is 2.08. The average molecular weight is 382 g/mol. The molecular formula is C22H27N3OS. The third kappa shape index (κ3) is 3.04. The van der Waals surface area contributed by atoms with Crippen molar-refractivity contribution in [1.29, 1.82) is 0 Å². The van der Waals surface area contributed by atoms with Gasteiger partial charge in [0.05, 0.1) is 5.75 Å². The number of hydrogen-bond donors (Lipinski definition) is 0. The number of rotatable bonds is 5. The average Bonchev–Trinajstić information content (AvgIpc) is 3.00. The maximum absolute atomic E-state index is 13.2. The Labute approximate surface area is 165 Å². The van der Waals surface area contributed by atoms with Gasteiger partial charge in [0.1, 0.15) is 5.78 Å². The lowest BCUT2D eigenvalue weighted by Gasteiger charge is -2.56. The largest absolute Gasteiger partial charge is 0.305 e. The van der Waals surface area contributed by atoms with E-state index in [0.717, 1.165) is 53.6 Å². The summed E-state index contributed by atoms with van der Waals surface area (Å²) in [6.07, 6.45) is 7.57. The number of thioether (sulfide) groups is 1. The van der Waals surface area contributed by atoms with E-state index < -0.39 is 0 Å². The molecule has 4 bridgehead atoms. The molecule has 27 heavy (non-hydrogen) atoms. The molecule has 4 aliphatic carbocycles. The topological polar surface area (TPSA) is 47.8 Å². The molecule has 1 aromatic heterocycles. The van der Waals surface area contributed by atoms with Gasteiger partial charge < -0.3 is 4.57 Å². The van der Waals surface area contributed by atoms with E-state index in [-0.39, 0.29) is 5.41 Å². The lowest BCUT2D eigenvalue weighted by atomic mass is 9.48. The number of carbonyl (C=O) groups is 1. The molecule has 1 heterocycles. The Balaban J connectivity index is 1.29. The molecule has 0 saturated heterocycles. The number of Topliss-reactive ketones (excluding diaryl/α,β-unsaturated/α-hetero) is 1. The van der Waals surface area contributed by atoms with Crippen LogP contribution in [0.3, 0.4) is 0 Å². The lowest BCUT2D eigenvalue weighted by molar-refractivity contribution is -0.141. The molecule has 2 aromatic rings. The molecule has 4 saturated carbocycles. The van der Waals surface area contributed by atoms with Gasteiger partial charge in [0.2, 0.25) is 0 Å². The van der Waals surface area contributed by atoms with E-state index >= 15 is 0 Å². The van der Waals surface area contributed by atoms with Crippen LogP contribution in [0.25, 0.3) is 11.4 Å². The highest BCUT2D eigenvalue weighted by atomic mass is 32.2. The molecule has 5 heteroatoms. The van der Waals surface area contributed by atoms with Gasteiger partial charge in [0.25, 0.3) is 0 Å².